The van der Waals surface area contributed by atoms with E-state index in [1.165, 1.54) is 0 Å². The highest BCUT2D eigenvalue weighted by molar-refractivity contribution is 5.79. The number of nitrogens with zero attached hydrogens (tertiary/aromatic N) is 2. The molecule has 46 heavy (non-hydrogen) atoms. The van der Waals surface area contributed by atoms with Crippen molar-refractivity contribution in [2.24, 2.45) is 0 Å². The molecule has 3 unspecified atom stereocenters. The Labute approximate surface area is 272 Å². The summed E-state index contributed by atoms with van der Waals surface area (Å²) in [6, 6.07) is 23.2. The number of hydrogen-bond acceptors (Lipinski definition) is 7. The van der Waals surface area contributed by atoms with Gasteiger partial charge in [0.25, 0.3) is 0 Å². The van der Waals surface area contributed by atoms with Crippen molar-refractivity contribution in [2.75, 3.05) is 26.7 Å². The number of aliphatic hydroxyl groups is 1. The van der Waals surface area contributed by atoms with Crippen LogP contribution in [0, 0.1) is 6.92 Å². The molecule has 2 aliphatic rings. The van der Waals surface area contributed by atoms with E-state index in [0.29, 0.717) is 31.4 Å². The molecule has 4 N–H and O–H groups in total. The van der Waals surface area contributed by atoms with Crippen molar-refractivity contribution in [1.82, 2.24) is 15.2 Å². The first-order chi connectivity index (χ1) is 22.2. The first-order valence-electron chi connectivity index (χ1n) is 16.3. The Kier molecular flexibility index (Phi) is 10.5. The van der Waals surface area contributed by atoms with Gasteiger partial charge in [-0.15, -0.1) is 0 Å². The molecule has 0 spiro atoms. The van der Waals surface area contributed by atoms with Crippen LogP contribution in [0.4, 0.5) is 0 Å². The van der Waals surface area contributed by atoms with Crippen LogP contribution in [0.2, 0.25) is 0 Å². The highest BCUT2D eigenvalue weighted by atomic mass is 16.5. The van der Waals surface area contributed by atoms with Crippen molar-refractivity contribution in [3.8, 4) is 17.2 Å². The number of hydrogen-bond donors (Lipinski definition) is 4. The monoisotopic (exact) mass is 625 g/mol. The van der Waals surface area contributed by atoms with Crippen molar-refractivity contribution < 1.29 is 24.9 Å². The molecule has 2 bridgehead atoms. The Bertz CT molecular complexity index is 1630. The van der Waals surface area contributed by atoms with Crippen LogP contribution in [-0.4, -0.2) is 70.0 Å². The minimum absolute atomic E-state index is 0.106. The summed E-state index contributed by atoms with van der Waals surface area (Å²) in [5, 5.41) is 37.9. The van der Waals surface area contributed by atoms with Gasteiger partial charge < -0.3 is 25.4 Å². The SMILES string of the molecule is COc1ccccc1.Cc1cc2ccccc2nc1CC12CCN(CCCCCCNC=O)C(Cc3ccc(O)c(O)c31)C2(C)O. The second kappa shape index (κ2) is 14.5. The zero-order valence-corrected chi connectivity index (χ0v) is 27.2. The number of ether oxygens (including phenoxy) is 1. The molecule has 1 fully saturated rings. The van der Waals surface area contributed by atoms with Gasteiger partial charge in [-0.3, -0.25) is 14.7 Å². The predicted octanol–water partition coefficient (Wildman–Crippen LogP) is 5.82. The van der Waals surface area contributed by atoms with Gasteiger partial charge in [-0.05, 0) is 94.1 Å². The second-order valence-electron chi connectivity index (χ2n) is 12.8. The van der Waals surface area contributed by atoms with Crippen molar-refractivity contribution in [3.05, 3.63) is 95.2 Å². The van der Waals surface area contributed by atoms with Crippen molar-refractivity contribution in [3.63, 3.8) is 0 Å². The Morgan fingerprint density at radius 1 is 1.02 bits per heavy atom. The van der Waals surface area contributed by atoms with Crippen LogP contribution in [0.15, 0.2) is 72.8 Å². The number of phenols is 2. The van der Waals surface area contributed by atoms with Gasteiger partial charge in [0.1, 0.15) is 5.75 Å². The van der Waals surface area contributed by atoms with Gasteiger partial charge in [0.15, 0.2) is 11.5 Å². The maximum absolute atomic E-state index is 12.4. The summed E-state index contributed by atoms with van der Waals surface area (Å²) in [6.07, 6.45) is 6.62. The van der Waals surface area contributed by atoms with Gasteiger partial charge in [-0.1, -0.05) is 55.3 Å². The number of methoxy groups -OCH3 is 1. The lowest BCUT2D eigenvalue weighted by Crippen LogP contribution is -2.71. The van der Waals surface area contributed by atoms with Gasteiger partial charge in [0, 0.05) is 41.1 Å². The van der Waals surface area contributed by atoms with Gasteiger partial charge >= 0.3 is 0 Å². The number of pyridine rings is 1. The molecule has 8 heteroatoms. The molecular weight excluding hydrogens is 578 g/mol. The summed E-state index contributed by atoms with van der Waals surface area (Å²) in [5.41, 5.74) is 2.62. The number of rotatable bonds is 11. The maximum atomic E-state index is 12.4. The molecule has 0 radical (unpaired) electrons. The largest absolute Gasteiger partial charge is 0.504 e. The molecule has 1 saturated heterocycles. The minimum atomic E-state index is -1.14. The topological polar surface area (TPSA) is 115 Å². The number of likely N-dealkylation sites (tertiary alicyclic amines) is 1. The fourth-order valence-electron chi connectivity index (χ4n) is 7.52. The third-order valence-electron chi connectivity index (χ3n) is 10.1. The molecule has 1 aliphatic heterocycles. The number of piperidine rings is 1. The lowest BCUT2D eigenvalue weighted by molar-refractivity contribution is -0.135. The summed E-state index contributed by atoms with van der Waals surface area (Å²) in [5.74, 6) is 0.650. The molecule has 2 heterocycles. The summed E-state index contributed by atoms with van der Waals surface area (Å²) in [6.45, 7) is 6.38. The van der Waals surface area contributed by atoms with E-state index in [0.717, 1.165) is 78.7 Å². The molecular formula is C38H47N3O5. The number of benzene rings is 3. The smallest absolute Gasteiger partial charge is 0.207 e. The number of unbranched alkanes of at least 4 members (excludes halogenated alkanes) is 3. The normalized spacial score (nSPS) is 22.0. The highest BCUT2D eigenvalue weighted by Gasteiger charge is 2.61. The number of phenolic OH excluding ortho intramolecular Hbond substituents is 2. The van der Waals surface area contributed by atoms with E-state index in [2.05, 4.69) is 29.3 Å². The molecule has 3 aromatic carbocycles. The number of amides is 1. The number of nitrogens with one attached hydrogen (secondary N) is 1. The zero-order valence-electron chi connectivity index (χ0n) is 27.2. The van der Waals surface area contributed by atoms with Crippen LogP contribution in [0.25, 0.3) is 10.9 Å². The first-order valence-corrected chi connectivity index (χ1v) is 16.3. The minimum Gasteiger partial charge on any atom is -0.504 e. The molecule has 0 saturated carbocycles. The van der Waals surface area contributed by atoms with Crippen LogP contribution in [-0.2, 0) is 23.1 Å². The fourth-order valence-corrected chi connectivity index (χ4v) is 7.52. The summed E-state index contributed by atoms with van der Waals surface area (Å²) in [4.78, 5) is 17.9. The van der Waals surface area contributed by atoms with Gasteiger partial charge in [0.05, 0.1) is 18.2 Å². The fraction of sp³-hybridized carbons (Fsp3) is 0.421. The summed E-state index contributed by atoms with van der Waals surface area (Å²) < 4.78 is 4.91. The molecule has 4 aromatic rings. The molecule has 6 rings (SSSR count). The highest BCUT2D eigenvalue weighted by Crippen LogP contribution is 2.57. The quantitative estimate of drug-likeness (QED) is 0.0944. The van der Waals surface area contributed by atoms with E-state index in [1.807, 2.05) is 61.5 Å². The zero-order chi connectivity index (χ0) is 32.7. The predicted molar refractivity (Wildman–Crippen MR) is 181 cm³/mol. The molecule has 8 nitrogen and oxygen atoms in total. The maximum Gasteiger partial charge on any atom is 0.207 e. The Morgan fingerprint density at radius 2 is 1.76 bits per heavy atom. The lowest BCUT2D eigenvalue weighted by atomic mass is 9.53. The van der Waals surface area contributed by atoms with Crippen LogP contribution < -0.4 is 10.1 Å². The number of para-hydroxylation sites is 2. The number of fused-ring (bicyclic) bond motifs is 5. The summed E-state index contributed by atoms with van der Waals surface area (Å²) >= 11 is 0. The van der Waals surface area contributed by atoms with Crippen molar-refractivity contribution >= 4 is 17.3 Å². The van der Waals surface area contributed by atoms with Crippen molar-refractivity contribution in [1.29, 1.82) is 0 Å². The van der Waals surface area contributed by atoms with E-state index >= 15 is 0 Å². The average Bonchev–Trinajstić information content (AvgIpc) is 3.05. The van der Waals surface area contributed by atoms with Crippen LogP contribution in [0.5, 0.6) is 17.2 Å². The van der Waals surface area contributed by atoms with Gasteiger partial charge in [-0.25, -0.2) is 0 Å². The van der Waals surface area contributed by atoms with Crippen LogP contribution in [0.1, 0.15) is 61.4 Å². The first kappa shape index (κ1) is 33.2. The van der Waals surface area contributed by atoms with Gasteiger partial charge in [-0.2, -0.15) is 0 Å². The third-order valence-corrected chi connectivity index (χ3v) is 10.1. The standard InChI is InChI=1S/C31H39N3O4.C7H8O/c1-21-17-22-9-5-6-10-24(22)33-25(21)19-31-13-16-34(15-8-4-3-7-14-32-20-35)27(30(31,2)38)18-23-11-12-26(36)29(37)28(23)31;1-8-7-5-3-2-4-6-7/h5-6,9-12,17,20,27,36-38H,3-4,7-8,13-16,18-19H2,1-2H3,(H,32,35);2-6H,1H3. The van der Waals surface area contributed by atoms with E-state index in [4.69, 9.17) is 9.72 Å². The number of carbonyl (C=O) groups is 1. The van der Waals surface area contributed by atoms with Crippen molar-refractivity contribution in [2.45, 2.75) is 75.9 Å². The second-order valence-corrected chi connectivity index (χ2v) is 12.8. The number of aryl methyl sites for hydroxylation is 1. The van der Waals surface area contributed by atoms with E-state index in [1.54, 1.807) is 13.2 Å². The Hall–Kier alpha value is -4.14. The summed E-state index contributed by atoms with van der Waals surface area (Å²) in [7, 11) is 1.66. The molecule has 1 amide bonds. The number of aromatic nitrogens is 1. The average molecular weight is 626 g/mol. The molecule has 244 valence electrons. The molecule has 1 aliphatic carbocycles. The van der Waals surface area contributed by atoms with E-state index in [9.17, 15) is 20.1 Å². The third kappa shape index (κ3) is 6.69. The van der Waals surface area contributed by atoms with Gasteiger partial charge in [0.2, 0.25) is 6.41 Å². The molecule has 1 aromatic heterocycles. The number of aromatic hydroxyl groups is 2. The van der Waals surface area contributed by atoms with E-state index < -0.39 is 11.0 Å². The van der Waals surface area contributed by atoms with Crippen LogP contribution in [0.3, 0.4) is 0 Å². The Balaban J connectivity index is 0.000000455. The van der Waals surface area contributed by atoms with E-state index in [-0.39, 0.29) is 17.5 Å². The Morgan fingerprint density at radius 3 is 2.50 bits per heavy atom. The lowest BCUT2D eigenvalue weighted by Gasteiger charge is -2.60. The number of carbonyl (C=O) groups excluding carboxylic acids is 1. The van der Waals surface area contributed by atoms with Crippen LogP contribution >= 0.6 is 0 Å². The molecule has 3 atom stereocenters.